The monoisotopic (exact) mass is 392 g/mol. The fourth-order valence-electron chi connectivity index (χ4n) is 4.15. The molecule has 0 bridgehead atoms. The van der Waals surface area contributed by atoms with E-state index in [1.165, 1.54) is 19.3 Å². The van der Waals surface area contributed by atoms with Gasteiger partial charge in [-0.25, -0.2) is 4.68 Å². The first-order valence-electron chi connectivity index (χ1n) is 9.57. The van der Waals surface area contributed by atoms with Crippen LogP contribution in [-0.4, -0.2) is 48.7 Å². The Kier molecular flexibility index (Phi) is 7.13. The molecule has 2 fully saturated rings. The first-order valence-corrected chi connectivity index (χ1v) is 9.57. The number of hydrogen-bond acceptors (Lipinski definition) is 5. The molecule has 1 aliphatic heterocycles. The fourth-order valence-corrected chi connectivity index (χ4v) is 4.15. The lowest BCUT2D eigenvalue weighted by Crippen LogP contribution is -2.50. The largest absolute Gasteiger partial charge is 0.497 e. The second kappa shape index (κ2) is 9.55. The van der Waals surface area contributed by atoms with Crippen LogP contribution in [-0.2, 0) is 11.3 Å². The third-order valence-corrected chi connectivity index (χ3v) is 5.56. The molecule has 1 aromatic carbocycles. The van der Waals surface area contributed by atoms with Crippen molar-refractivity contribution in [2.45, 2.75) is 37.9 Å². The zero-order valence-electron chi connectivity index (χ0n) is 15.8. The van der Waals surface area contributed by atoms with Gasteiger partial charge < -0.3 is 20.1 Å². The lowest BCUT2D eigenvalue weighted by atomic mass is 9.94. The van der Waals surface area contributed by atoms with Gasteiger partial charge in [-0.05, 0) is 49.1 Å². The standard InChI is InChI=1S/C20H28N4O2.ClH/c1-25-17-7-5-16(6-8-17)24-11-9-15(23-24)13-22-19-4-2-3-18(19)20-14-26-12-10-21-20;/h5-9,11,18-22H,2-4,10,12-14H2,1H3;1H. The number of methoxy groups -OCH3 is 1. The van der Waals surface area contributed by atoms with Crippen molar-refractivity contribution in [3.05, 3.63) is 42.2 Å². The van der Waals surface area contributed by atoms with E-state index in [0.717, 1.165) is 43.4 Å². The Balaban J connectivity index is 0.00000210. The van der Waals surface area contributed by atoms with Crippen LogP contribution in [0.1, 0.15) is 25.0 Å². The summed E-state index contributed by atoms with van der Waals surface area (Å²) >= 11 is 0. The predicted octanol–water partition coefficient (Wildman–Crippen LogP) is 2.55. The number of aromatic nitrogens is 2. The van der Waals surface area contributed by atoms with Gasteiger partial charge in [-0.2, -0.15) is 5.10 Å². The molecule has 3 atom stereocenters. The fraction of sp³-hybridized carbons (Fsp3) is 0.550. The molecule has 2 N–H and O–H groups in total. The van der Waals surface area contributed by atoms with E-state index in [1.54, 1.807) is 7.11 Å². The number of morpholine rings is 1. The average molecular weight is 393 g/mol. The maximum Gasteiger partial charge on any atom is 0.119 e. The molecule has 0 radical (unpaired) electrons. The van der Waals surface area contributed by atoms with Gasteiger partial charge in [0, 0.05) is 31.4 Å². The van der Waals surface area contributed by atoms with E-state index in [0.29, 0.717) is 18.0 Å². The van der Waals surface area contributed by atoms with Crippen LogP contribution in [0.5, 0.6) is 5.75 Å². The minimum Gasteiger partial charge on any atom is -0.497 e. The van der Waals surface area contributed by atoms with Gasteiger partial charge in [0.05, 0.1) is 31.7 Å². The van der Waals surface area contributed by atoms with Crippen LogP contribution in [0.25, 0.3) is 5.69 Å². The van der Waals surface area contributed by atoms with E-state index in [4.69, 9.17) is 14.6 Å². The van der Waals surface area contributed by atoms with Crippen molar-refractivity contribution in [1.29, 1.82) is 0 Å². The van der Waals surface area contributed by atoms with Gasteiger partial charge in [-0.15, -0.1) is 12.4 Å². The van der Waals surface area contributed by atoms with Crippen molar-refractivity contribution in [2.24, 2.45) is 5.92 Å². The van der Waals surface area contributed by atoms with Crippen molar-refractivity contribution in [3.63, 3.8) is 0 Å². The quantitative estimate of drug-likeness (QED) is 0.791. The molecule has 0 spiro atoms. The van der Waals surface area contributed by atoms with Gasteiger partial charge in [0.2, 0.25) is 0 Å². The van der Waals surface area contributed by atoms with Gasteiger partial charge >= 0.3 is 0 Å². The predicted molar refractivity (Wildman–Crippen MR) is 108 cm³/mol. The molecule has 3 unspecified atom stereocenters. The van der Waals surface area contributed by atoms with E-state index >= 15 is 0 Å². The highest BCUT2D eigenvalue weighted by molar-refractivity contribution is 5.85. The van der Waals surface area contributed by atoms with Crippen LogP contribution in [0.2, 0.25) is 0 Å². The average Bonchev–Trinajstić information content (AvgIpc) is 3.36. The van der Waals surface area contributed by atoms with Crippen molar-refractivity contribution < 1.29 is 9.47 Å². The SMILES string of the molecule is COc1ccc(-n2ccc(CNC3CCCC3C3COCCN3)n2)cc1.Cl. The summed E-state index contributed by atoms with van der Waals surface area (Å²) in [5.74, 6) is 1.51. The molecular formula is C20H29ClN4O2. The summed E-state index contributed by atoms with van der Waals surface area (Å²) in [7, 11) is 1.68. The number of halogens is 1. The number of hydrogen-bond donors (Lipinski definition) is 2. The molecule has 148 valence electrons. The Hall–Kier alpha value is -1.60. The molecule has 7 heteroatoms. The van der Waals surface area contributed by atoms with Crippen LogP contribution in [0.3, 0.4) is 0 Å². The minimum absolute atomic E-state index is 0. The second-order valence-electron chi connectivity index (χ2n) is 7.17. The van der Waals surface area contributed by atoms with Crippen molar-refractivity contribution in [3.8, 4) is 11.4 Å². The maximum absolute atomic E-state index is 5.66. The van der Waals surface area contributed by atoms with Crippen molar-refractivity contribution >= 4 is 12.4 Å². The Labute approximate surface area is 167 Å². The van der Waals surface area contributed by atoms with Gasteiger partial charge in [-0.1, -0.05) is 6.42 Å². The van der Waals surface area contributed by atoms with E-state index in [1.807, 2.05) is 35.1 Å². The molecule has 6 nitrogen and oxygen atoms in total. The number of rotatable bonds is 6. The molecule has 1 saturated carbocycles. The number of benzene rings is 1. The summed E-state index contributed by atoms with van der Waals surface area (Å²) in [5, 5.41) is 12.1. The summed E-state index contributed by atoms with van der Waals surface area (Å²) in [6.07, 6.45) is 5.82. The summed E-state index contributed by atoms with van der Waals surface area (Å²) in [6.45, 7) is 3.46. The summed E-state index contributed by atoms with van der Waals surface area (Å²) in [4.78, 5) is 0. The zero-order chi connectivity index (χ0) is 17.8. The first-order chi connectivity index (χ1) is 12.8. The summed E-state index contributed by atoms with van der Waals surface area (Å²) in [5.41, 5.74) is 2.11. The Bertz CT molecular complexity index is 700. The highest BCUT2D eigenvalue weighted by Crippen LogP contribution is 2.29. The van der Waals surface area contributed by atoms with Gasteiger partial charge in [0.1, 0.15) is 5.75 Å². The van der Waals surface area contributed by atoms with Gasteiger partial charge in [0.15, 0.2) is 0 Å². The lowest BCUT2D eigenvalue weighted by molar-refractivity contribution is 0.0524. The molecule has 27 heavy (non-hydrogen) atoms. The second-order valence-corrected chi connectivity index (χ2v) is 7.17. The van der Waals surface area contributed by atoms with Crippen molar-refractivity contribution in [2.75, 3.05) is 26.9 Å². The topological polar surface area (TPSA) is 60.3 Å². The third kappa shape index (κ3) is 4.82. The van der Waals surface area contributed by atoms with E-state index < -0.39 is 0 Å². The molecule has 2 aliphatic rings. The highest BCUT2D eigenvalue weighted by atomic mass is 35.5. The highest BCUT2D eigenvalue weighted by Gasteiger charge is 2.34. The Morgan fingerprint density at radius 2 is 2.11 bits per heavy atom. The van der Waals surface area contributed by atoms with E-state index in [-0.39, 0.29) is 12.4 Å². The van der Waals surface area contributed by atoms with Crippen LogP contribution < -0.4 is 15.4 Å². The number of nitrogens with zero attached hydrogens (tertiary/aromatic N) is 2. The third-order valence-electron chi connectivity index (χ3n) is 5.56. The summed E-state index contributed by atoms with van der Waals surface area (Å²) < 4.78 is 12.8. The minimum atomic E-state index is 0. The molecular weight excluding hydrogens is 364 g/mol. The maximum atomic E-state index is 5.66. The van der Waals surface area contributed by atoms with E-state index in [2.05, 4.69) is 16.7 Å². The van der Waals surface area contributed by atoms with E-state index in [9.17, 15) is 0 Å². The Morgan fingerprint density at radius 1 is 1.26 bits per heavy atom. The molecule has 4 rings (SSSR count). The molecule has 2 aromatic rings. The molecule has 1 saturated heterocycles. The number of ether oxygens (including phenoxy) is 2. The normalized spacial score (nSPS) is 25.1. The molecule has 1 aliphatic carbocycles. The van der Waals surface area contributed by atoms with Crippen LogP contribution in [0, 0.1) is 5.92 Å². The Morgan fingerprint density at radius 3 is 2.85 bits per heavy atom. The van der Waals surface area contributed by atoms with Crippen LogP contribution in [0.4, 0.5) is 0 Å². The van der Waals surface area contributed by atoms with Crippen molar-refractivity contribution in [1.82, 2.24) is 20.4 Å². The first kappa shape index (κ1) is 20.1. The molecule has 1 aromatic heterocycles. The van der Waals surface area contributed by atoms with Crippen LogP contribution >= 0.6 is 12.4 Å². The van der Waals surface area contributed by atoms with Gasteiger partial charge in [-0.3, -0.25) is 0 Å². The summed E-state index contributed by atoms with van der Waals surface area (Å²) in [6, 6.07) is 11.1. The van der Waals surface area contributed by atoms with Crippen LogP contribution in [0.15, 0.2) is 36.5 Å². The zero-order valence-corrected chi connectivity index (χ0v) is 16.6. The smallest absolute Gasteiger partial charge is 0.119 e. The lowest BCUT2D eigenvalue weighted by Gasteiger charge is -2.32. The number of nitrogens with one attached hydrogen (secondary N) is 2. The molecule has 0 amide bonds. The van der Waals surface area contributed by atoms with Gasteiger partial charge in [0.25, 0.3) is 0 Å². The molecule has 2 heterocycles.